The highest BCUT2D eigenvalue weighted by molar-refractivity contribution is 5.71. The molecule has 0 saturated heterocycles. The minimum absolute atomic E-state index is 0.0858. The van der Waals surface area contributed by atoms with Crippen molar-refractivity contribution >= 4 is 17.9 Å². The average molecular weight is 1150 g/mol. The second-order valence-corrected chi connectivity index (χ2v) is 23.4. The third-order valence-corrected chi connectivity index (χ3v) is 15.2. The van der Waals surface area contributed by atoms with Crippen molar-refractivity contribution < 1.29 is 28.6 Å². The molecule has 0 saturated carbocycles. The van der Waals surface area contributed by atoms with Crippen LogP contribution < -0.4 is 0 Å². The number of unbranched alkanes of at least 4 members (excludes halogenated alkanes) is 35. The molecule has 0 heterocycles. The molecule has 0 aromatic heterocycles. The van der Waals surface area contributed by atoms with Crippen LogP contribution in [0.1, 0.15) is 342 Å². The van der Waals surface area contributed by atoms with Gasteiger partial charge in [0.05, 0.1) is 0 Å². The maximum atomic E-state index is 13.0. The molecule has 6 heteroatoms. The number of carbonyl (C=O) groups excluding carboxylic acids is 3. The highest BCUT2D eigenvalue weighted by atomic mass is 16.6. The summed E-state index contributed by atoms with van der Waals surface area (Å²) in [7, 11) is 0. The van der Waals surface area contributed by atoms with Crippen molar-refractivity contribution in [1.82, 2.24) is 0 Å². The lowest BCUT2D eigenvalue weighted by Crippen LogP contribution is -2.30. The minimum atomic E-state index is -0.793. The molecule has 83 heavy (non-hydrogen) atoms. The molecule has 0 N–H and O–H groups in total. The predicted molar refractivity (Wildman–Crippen MR) is 362 cm³/mol. The summed E-state index contributed by atoms with van der Waals surface area (Å²) in [5.41, 5.74) is 0. The summed E-state index contributed by atoms with van der Waals surface area (Å²) >= 11 is 0. The van der Waals surface area contributed by atoms with Crippen LogP contribution in [-0.4, -0.2) is 37.2 Å². The maximum absolute atomic E-state index is 13.0. The van der Waals surface area contributed by atoms with Gasteiger partial charge in [-0.2, -0.15) is 0 Å². The molecule has 0 spiro atoms. The van der Waals surface area contributed by atoms with E-state index < -0.39 is 6.10 Å². The van der Waals surface area contributed by atoms with Crippen LogP contribution in [0.2, 0.25) is 0 Å². The molecule has 0 aliphatic carbocycles. The van der Waals surface area contributed by atoms with E-state index in [1.54, 1.807) is 0 Å². The molecule has 476 valence electrons. The van der Waals surface area contributed by atoms with Crippen LogP contribution in [0.3, 0.4) is 0 Å². The molecule has 0 amide bonds. The Balaban J connectivity index is 4.29. The van der Waals surface area contributed by atoms with E-state index in [9.17, 15) is 14.4 Å². The predicted octanol–water partition coefficient (Wildman–Crippen LogP) is 24.6. The third kappa shape index (κ3) is 68.7. The topological polar surface area (TPSA) is 78.9 Å². The Kier molecular flexibility index (Phi) is 67.2. The van der Waals surface area contributed by atoms with Gasteiger partial charge in [-0.3, -0.25) is 14.4 Å². The van der Waals surface area contributed by atoms with E-state index in [2.05, 4.69) is 130 Å². The zero-order valence-corrected chi connectivity index (χ0v) is 54.7. The van der Waals surface area contributed by atoms with Gasteiger partial charge < -0.3 is 14.2 Å². The van der Waals surface area contributed by atoms with E-state index in [0.717, 1.165) is 135 Å². The molecule has 1 atom stereocenters. The fourth-order valence-electron chi connectivity index (χ4n) is 10.0. The molecule has 6 nitrogen and oxygen atoms in total. The van der Waals surface area contributed by atoms with Gasteiger partial charge in [0, 0.05) is 19.3 Å². The van der Waals surface area contributed by atoms with E-state index in [4.69, 9.17) is 14.2 Å². The smallest absolute Gasteiger partial charge is 0.306 e. The van der Waals surface area contributed by atoms with Gasteiger partial charge >= 0.3 is 17.9 Å². The van der Waals surface area contributed by atoms with Crippen LogP contribution in [0.5, 0.6) is 0 Å². The van der Waals surface area contributed by atoms with Crippen molar-refractivity contribution in [2.24, 2.45) is 0 Å². The summed E-state index contributed by atoms with van der Waals surface area (Å²) in [4.78, 5) is 38.5. The lowest BCUT2D eigenvalue weighted by molar-refractivity contribution is -0.167. The molecule has 1 unspecified atom stereocenters. The first-order chi connectivity index (χ1) is 41.0. The van der Waals surface area contributed by atoms with E-state index in [-0.39, 0.29) is 31.1 Å². The van der Waals surface area contributed by atoms with Crippen molar-refractivity contribution in [3.05, 3.63) is 109 Å². The number of carbonyl (C=O) groups is 3. The zero-order valence-electron chi connectivity index (χ0n) is 54.7. The minimum Gasteiger partial charge on any atom is -0.462 e. The molecule has 0 aliphatic heterocycles. The standard InChI is InChI=1S/C77H132O6/c1-4-7-10-13-16-19-22-25-28-30-32-34-35-36-37-38-39-40-41-43-44-46-49-52-55-58-61-64-67-70-76(79)82-73-74(72-81-75(78)69-66-63-60-57-54-51-48-27-24-21-18-15-12-9-6-3)83-77(80)71-68-65-62-59-56-53-50-47-45-42-33-31-29-26-23-20-17-14-11-8-5-2/h8-9,11-12,17-18,20-22,25-27,29-30,32-33,42,48,74H,4-7,10,13-16,19,23-24,28,31,34-41,43-47,49-73H2,1-3H3/b11-8-,12-9-,20-17-,21-18-,25-22-,29-26-,32-30-,42-33-,48-27-. The third-order valence-electron chi connectivity index (χ3n) is 15.2. The first-order valence-corrected chi connectivity index (χ1v) is 35.4. The number of ether oxygens (including phenoxy) is 3. The normalized spacial score (nSPS) is 12.8. The van der Waals surface area contributed by atoms with Crippen molar-refractivity contribution in [2.45, 2.75) is 348 Å². The van der Waals surface area contributed by atoms with Gasteiger partial charge in [-0.05, 0) is 122 Å². The van der Waals surface area contributed by atoms with Crippen molar-refractivity contribution in [1.29, 1.82) is 0 Å². The van der Waals surface area contributed by atoms with Gasteiger partial charge in [-0.25, -0.2) is 0 Å². The SMILES string of the molecule is CC/C=C\C/C=C\C/C=C\C/C=C\CCCCCCCCCCC(=O)OC(COC(=O)CCCCCCC/C=C\C/C=C\C/C=C\CC)COC(=O)CCCCCCCCCCCCCCCCCCC/C=C\C/C=C\CCCCCCC. The molecule has 0 aliphatic rings. The lowest BCUT2D eigenvalue weighted by Gasteiger charge is -2.18. The fraction of sp³-hybridized carbons (Fsp3) is 0.727. The van der Waals surface area contributed by atoms with Crippen LogP contribution >= 0.6 is 0 Å². The van der Waals surface area contributed by atoms with Crippen LogP contribution in [0.4, 0.5) is 0 Å². The van der Waals surface area contributed by atoms with Gasteiger partial charge in [0.1, 0.15) is 13.2 Å². The Morgan fingerprint density at radius 2 is 0.470 bits per heavy atom. The number of hydrogen-bond acceptors (Lipinski definition) is 6. The first kappa shape index (κ1) is 79.1. The van der Waals surface area contributed by atoms with E-state index >= 15 is 0 Å². The molecular weight excluding hydrogens is 1020 g/mol. The second kappa shape index (κ2) is 70.6. The summed E-state index contributed by atoms with van der Waals surface area (Å²) in [6.07, 6.45) is 96.9. The van der Waals surface area contributed by atoms with Gasteiger partial charge in [0.15, 0.2) is 6.10 Å². The number of hydrogen-bond donors (Lipinski definition) is 0. The summed E-state index contributed by atoms with van der Waals surface area (Å²) in [6.45, 7) is 6.42. The van der Waals surface area contributed by atoms with Gasteiger partial charge in [0.2, 0.25) is 0 Å². The zero-order chi connectivity index (χ0) is 59.9. The number of allylic oxidation sites excluding steroid dienone is 18. The molecule has 0 fully saturated rings. The summed E-state index contributed by atoms with van der Waals surface area (Å²) in [6, 6.07) is 0. The van der Waals surface area contributed by atoms with Crippen LogP contribution in [-0.2, 0) is 28.6 Å². The van der Waals surface area contributed by atoms with Gasteiger partial charge in [-0.1, -0.05) is 310 Å². The monoisotopic (exact) mass is 1150 g/mol. The molecule has 0 rings (SSSR count). The Hall–Kier alpha value is -3.93. The van der Waals surface area contributed by atoms with E-state index in [1.807, 2.05) is 0 Å². The maximum Gasteiger partial charge on any atom is 0.306 e. The quantitative estimate of drug-likeness (QED) is 0.0261. The van der Waals surface area contributed by atoms with Gasteiger partial charge in [0.25, 0.3) is 0 Å². The molecule has 0 bridgehead atoms. The first-order valence-electron chi connectivity index (χ1n) is 35.4. The summed E-state index contributed by atoms with van der Waals surface area (Å²) < 4.78 is 17.0. The molecule has 0 radical (unpaired) electrons. The lowest BCUT2D eigenvalue weighted by atomic mass is 10.0. The Bertz CT molecular complexity index is 1660. The molecule has 0 aromatic rings. The fourth-order valence-corrected chi connectivity index (χ4v) is 10.0. The van der Waals surface area contributed by atoms with Crippen LogP contribution in [0.15, 0.2) is 109 Å². The second-order valence-electron chi connectivity index (χ2n) is 23.4. The number of esters is 3. The highest BCUT2D eigenvalue weighted by Crippen LogP contribution is 2.17. The Labute approximate surface area is 514 Å². The van der Waals surface area contributed by atoms with Crippen LogP contribution in [0.25, 0.3) is 0 Å². The van der Waals surface area contributed by atoms with E-state index in [0.29, 0.717) is 19.3 Å². The Morgan fingerprint density at radius 3 is 0.735 bits per heavy atom. The molecular formula is C77H132O6. The van der Waals surface area contributed by atoms with Crippen molar-refractivity contribution in [3.63, 3.8) is 0 Å². The van der Waals surface area contributed by atoms with Crippen molar-refractivity contribution in [3.8, 4) is 0 Å². The largest absolute Gasteiger partial charge is 0.462 e. The van der Waals surface area contributed by atoms with Crippen molar-refractivity contribution in [2.75, 3.05) is 13.2 Å². The van der Waals surface area contributed by atoms with Crippen LogP contribution in [0, 0.1) is 0 Å². The highest BCUT2D eigenvalue weighted by Gasteiger charge is 2.19. The summed E-state index contributed by atoms with van der Waals surface area (Å²) in [5, 5.41) is 0. The Morgan fingerprint density at radius 1 is 0.253 bits per heavy atom. The van der Waals surface area contributed by atoms with E-state index in [1.165, 1.54) is 167 Å². The van der Waals surface area contributed by atoms with Gasteiger partial charge in [-0.15, -0.1) is 0 Å². The number of rotatable bonds is 64. The summed E-state index contributed by atoms with van der Waals surface area (Å²) in [5.74, 6) is -0.898. The average Bonchev–Trinajstić information content (AvgIpc) is 3.49. The molecule has 0 aromatic carbocycles.